The van der Waals surface area contributed by atoms with Crippen molar-refractivity contribution < 1.29 is 26.3 Å². The number of benzene rings is 2. The Balaban J connectivity index is 2.30. The monoisotopic (exact) mass is 314 g/mol. The molecule has 22 heavy (non-hydrogen) atoms. The molecule has 0 radical (unpaired) electrons. The molecule has 0 amide bonds. The fraction of sp³-hybridized carbons (Fsp3) is 0. The molecule has 0 atom stereocenters. The van der Waals surface area contributed by atoms with Crippen LogP contribution in [-0.4, -0.2) is 0 Å². The second-order valence-corrected chi connectivity index (χ2v) is 4.30. The summed E-state index contributed by atoms with van der Waals surface area (Å²) >= 11 is 0. The van der Waals surface area contributed by atoms with E-state index in [1.54, 1.807) is 0 Å². The first-order chi connectivity index (χ1) is 10.4. The van der Waals surface area contributed by atoms with Gasteiger partial charge in [-0.05, 0) is 11.1 Å². The van der Waals surface area contributed by atoms with Crippen LogP contribution in [-0.2, 0) is 0 Å². The molecule has 0 bridgehead atoms. The molecule has 0 fully saturated rings. The zero-order chi connectivity index (χ0) is 16.3. The van der Waals surface area contributed by atoms with E-state index in [-0.39, 0.29) is 11.1 Å². The molecule has 114 valence electrons. The van der Waals surface area contributed by atoms with Crippen molar-refractivity contribution in [2.45, 2.75) is 0 Å². The molecule has 0 nitrogen and oxygen atoms in total. The summed E-state index contributed by atoms with van der Waals surface area (Å²) < 4.78 is 74.5. The van der Waals surface area contributed by atoms with Gasteiger partial charge in [-0.25, -0.2) is 8.78 Å². The molecule has 2 rings (SSSR count). The second kappa shape index (κ2) is 6.51. The summed E-state index contributed by atoms with van der Waals surface area (Å²) in [5, 5.41) is 0. The Bertz CT molecular complexity index is 653. The Morgan fingerprint density at radius 3 is 0.955 bits per heavy atom. The molecule has 2 aromatic carbocycles. The Hall–Kier alpha value is -2.50. The summed E-state index contributed by atoms with van der Waals surface area (Å²) in [7, 11) is 0. The first-order valence-corrected chi connectivity index (χ1v) is 6.03. The van der Waals surface area contributed by atoms with Crippen LogP contribution in [0.25, 0.3) is 22.8 Å². The standard InChI is InChI=1S/C16H8F6/c17-13(15(19)20)11-5-1-9(2-6-11)10-3-7-12(8-4-10)14(18)16(21)22/h1-8H. The highest BCUT2D eigenvalue weighted by molar-refractivity contribution is 5.70. The summed E-state index contributed by atoms with van der Waals surface area (Å²) in [4.78, 5) is 0. The van der Waals surface area contributed by atoms with Gasteiger partial charge in [0.2, 0.25) is 0 Å². The Labute approximate surface area is 122 Å². The van der Waals surface area contributed by atoms with Crippen molar-refractivity contribution >= 4 is 11.7 Å². The molecule has 0 saturated carbocycles. The normalized spacial score (nSPS) is 10.3. The van der Waals surface area contributed by atoms with Crippen LogP contribution in [0.2, 0.25) is 0 Å². The van der Waals surface area contributed by atoms with E-state index in [1.807, 2.05) is 0 Å². The second-order valence-electron chi connectivity index (χ2n) is 4.30. The van der Waals surface area contributed by atoms with Crippen molar-refractivity contribution in [1.29, 1.82) is 0 Å². The maximum Gasteiger partial charge on any atom is 0.306 e. The molecule has 0 aliphatic carbocycles. The van der Waals surface area contributed by atoms with Gasteiger partial charge in [0.1, 0.15) is 0 Å². The molecule has 2 aromatic rings. The van der Waals surface area contributed by atoms with Gasteiger partial charge in [-0.1, -0.05) is 48.5 Å². The number of rotatable bonds is 3. The van der Waals surface area contributed by atoms with E-state index in [0.29, 0.717) is 11.1 Å². The third-order valence-electron chi connectivity index (χ3n) is 2.94. The smallest absolute Gasteiger partial charge is 0.200 e. The summed E-state index contributed by atoms with van der Waals surface area (Å²) in [6.07, 6.45) is -4.82. The van der Waals surface area contributed by atoms with Crippen LogP contribution in [0.15, 0.2) is 60.7 Å². The highest BCUT2D eigenvalue weighted by atomic mass is 19.3. The molecule has 0 aliphatic rings. The topological polar surface area (TPSA) is 0 Å². The summed E-state index contributed by atoms with van der Waals surface area (Å²) in [6.45, 7) is 0. The average Bonchev–Trinajstić information content (AvgIpc) is 2.53. The molecule has 0 heterocycles. The van der Waals surface area contributed by atoms with E-state index >= 15 is 0 Å². The average molecular weight is 314 g/mol. The lowest BCUT2D eigenvalue weighted by Gasteiger charge is -2.04. The Kier molecular flexibility index (Phi) is 4.70. The van der Waals surface area contributed by atoms with Gasteiger partial charge in [0, 0.05) is 11.1 Å². The first-order valence-electron chi connectivity index (χ1n) is 6.03. The number of hydrogen-bond donors (Lipinski definition) is 0. The van der Waals surface area contributed by atoms with E-state index in [0.717, 1.165) is 0 Å². The van der Waals surface area contributed by atoms with Crippen molar-refractivity contribution in [2.24, 2.45) is 0 Å². The van der Waals surface area contributed by atoms with Crippen LogP contribution in [0.4, 0.5) is 26.3 Å². The zero-order valence-electron chi connectivity index (χ0n) is 10.9. The predicted molar refractivity (Wildman–Crippen MR) is 72.4 cm³/mol. The van der Waals surface area contributed by atoms with E-state index in [9.17, 15) is 26.3 Å². The maximum atomic E-state index is 13.0. The lowest BCUT2D eigenvalue weighted by molar-refractivity contribution is 0.410. The number of hydrogen-bond acceptors (Lipinski definition) is 0. The fourth-order valence-electron chi connectivity index (χ4n) is 1.84. The quantitative estimate of drug-likeness (QED) is 0.573. The van der Waals surface area contributed by atoms with Gasteiger partial charge >= 0.3 is 12.2 Å². The van der Waals surface area contributed by atoms with E-state index in [4.69, 9.17) is 0 Å². The van der Waals surface area contributed by atoms with Crippen LogP contribution in [0.5, 0.6) is 0 Å². The maximum absolute atomic E-state index is 13.0. The highest BCUT2D eigenvalue weighted by Crippen LogP contribution is 2.28. The lowest BCUT2D eigenvalue weighted by atomic mass is 10.0. The van der Waals surface area contributed by atoms with Gasteiger partial charge in [0.05, 0.1) is 0 Å². The van der Waals surface area contributed by atoms with Crippen molar-refractivity contribution in [2.75, 3.05) is 0 Å². The largest absolute Gasteiger partial charge is 0.306 e. The van der Waals surface area contributed by atoms with Crippen molar-refractivity contribution in [1.82, 2.24) is 0 Å². The van der Waals surface area contributed by atoms with Gasteiger partial charge in [0.25, 0.3) is 0 Å². The van der Waals surface area contributed by atoms with Gasteiger partial charge in [0.15, 0.2) is 11.7 Å². The zero-order valence-corrected chi connectivity index (χ0v) is 10.9. The van der Waals surface area contributed by atoms with Crippen molar-refractivity contribution in [3.63, 3.8) is 0 Å². The van der Waals surface area contributed by atoms with Gasteiger partial charge in [-0.15, -0.1) is 0 Å². The van der Waals surface area contributed by atoms with Crippen LogP contribution in [0, 0.1) is 0 Å². The van der Waals surface area contributed by atoms with Crippen LogP contribution < -0.4 is 0 Å². The SMILES string of the molecule is FC(F)=C(F)c1ccc(-c2ccc(C(F)=C(F)F)cc2)cc1. The summed E-state index contributed by atoms with van der Waals surface area (Å²) in [5.74, 6) is -3.21. The van der Waals surface area contributed by atoms with Crippen LogP contribution >= 0.6 is 0 Å². The Morgan fingerprint density at radius 2 is 0.727 bits per heavy atom. The van der Waals surface area contributed by atoms with Crippen LogP contribution in [0.3, 0.4) is 0 Å². The first kappa shape index (κ1) is 15.9. The molecule has 0 spiro atoms. The van der Waals surface area contributed by atoms with Crippen LogP contribution in [0.1, 0.15) is 11.1 Å². The Morgan fingerprint density at radius 1 is 0.455 bits per heavy atom. The fourth-order valence-corrected chi connectivity index (χ4v) is 1.84. The third-order valence-corrected chi connectivity index (χ3v) is 2.94. The van der Waals surface area contributed by atoms with Gasteiger partial charge in [-0.3, -0.25) is 0 Å². The lowest BCUT2D eigenvalue weighted by Crippen LogP contribution is -1.84. The number of halogens is 6. The summed E-state index contributed by atoms with van der Waals surface area (Å²) in [6, 6.07) is 10.3. The van der Waals surface area contributed by atoms with E-state index in [2.05, 4.69) is 0 Å². The molecule has 0 saturated heterocycles. The predicted octanol–water partition coefficient (Wildman–Crippen LogP) is 6.42. The van der Waals surface area contributed by atoms with Gasteiger partial charge < -0.3 is 0 Å². The molecule has 0 unspecified atom stereocenters. The molecular formula is C16H8F6. The minimum Gasteiger partial charge on any atom is -0.200 e. The van der Waals surface area contributed by atoms with E-state index < -0.39 is 23.8 Å². The van der Waals surface area contributed by atoms with Crippen molar-refractivity contribution in [3.05, 3.63) is 71.8 Å². The third kappa shape index (κ3) is 3.39. The van der Waals surface area contributed by atoms with Crippen molar-refractivity contribution in [3.8, 4) is 11.1 Å². The minimum absolute atomic E-state index is 0.270. The summed E-state index contributed by atoms with van der Waals surface area (Å²) in [5.41, 5.74) is 0.558. The van der Waals surface area contributed by atoms with E-state index in [1.165, 1.54) is 48.5 Å². The molecule has 0 aromatic heterocycles. The van der Waals surface area contributed by atoms with Gasteiger partial charge in [-0.2, -0.15) is 17.6 Å². The molecule has 0 N–H and O–H groups in total. The molecular weight excluding hydrogens is 306 g/mol. The minimum atomic E-state index is -2.41. The highest BCUT2D eigenvalue weighted by Gasteiger charge is 2.10. The molecule has 6 heteroatoms. The molecule has 0 aliphatic heterocycles.